The van der Waals surface area contributed by atoms with E-state index in [9.17, 15) is 17.6 Å². The molecule has 0 aromatic heterocycles. The Labute approximate surface area is 170 Å². The van der Waals surface area contributed by atoms with Crippen molar-refractivity contribution in [3.05, 3.63) is 83.0 Å². The SMILES string of the molecule is C=CC1=CC[C@H](c2ccc(-c3ccc(CCCCC)c(F)c3F)c(F)c2F)CC1. The molecule has 0 fully saturated rings. The Hall–Kier alpha value is -2.36. The monoisotopic (exact) mass is 402 g/mol. The van der Waals surface area contributed by atoms with Crippen molar-refractivity contribution in [2.45, 2.75) is 57.8 Å². The van der Waals surface area contributed by atoms with Crippen LogP contribution in [0.15, 0.2) is 48.6 Å². The summed E-state index contributed by atoms with van der Waals surface area (Å²) in [5.41, 5.74) is 1.16. The average Bonchev–Trinajstić information content (AvgIpc) is 2.74. The van der Waals surface area contributed by atoms with Gasteiger partial charge in [-0.15, -0.1) is 0 Å². The van der Waals surface area contributed by atoms with Crippen molar-refractivity contribution >= 4 is 0 Å². The summed E-state index contributed by atoms with van der Waals surface area (Å²) in [6.45, 7) is 5.76. The minimum absolute atomic E-state index is 0.134. The van der Waals surface area contributed by atoms with E-state index in [0.717, 1.165) is 31.3 Å². The number of hydrogen-bond donors (Lipinski definition) is 0. The molecule has 154 valence electrons. The van der Waals surface area contributed by atoms with Gasteiger partial charge >= 0.3 is 0 Å². The third-order valence-corrected chi connectivity index (χ3v) is 5.76. The highest BCUT2D eigenvalue weighted by Crippen LogP contribution is 2.37. The molecule has 0 spiro atoms. The molecule has 1 aliphatic rings. The predicted octanol–water partition coefficient (Wildman–Crippen LogP) is 8.02. The van der Waals surface area contributed by atoms with Crippen LogP contribution in [-0.2, 0) is 6.42 Å². The van der Waals surface area contributed by atoms with E-state index in [-0.39, 0.29) is 28.2 Å². The third kappa shape index (κ3) is 4.47. The minimum atomic E-state index is -1.13. The van der Waals surface area contributed by atoms with Gasteiger partial charge in [-0.2, -0.15) is 0 Å². The van der Waals surface area contributed by atoms with Gasteiger partial charge in [-0.25, -0.2) is 17.6 Å². The van der Waals surface area contributed by atoms with Crippen LogP contribution < -0.4 is 0 Å². The standard InChI is InChI=1S/C25H26F4/c1-3-5-6-7-18-12-13-20(24(28)22(18)26)21-15-14-19(23(27)25(21)29)17-10-8-16(4-2)9-11-17/h4,8,12-15,17H,2-3,5-7,9-11H2,1H3/t17-/m0/s1. The fourth-order valence-corrected chi connectivity index (χ4v) is 3.97. The van der Waals surface area contributed by atoms with Gasteiger partial charge in [0.15, 0.2) is 23.3 Å². The van der Waals surface area contributed by atoms with Crippen LogP contribution in [0.3, 0.4) is 0 Å². The van der Waals surface area contributed by atoms with Crippen LogP contribution in [-0.4, -0.2) is 0 Å². The normalized spacial score (nSPS) is 16.6. The summed E-state index contributed by atoms with van der Waals surface area (Å²) in [5, 5.41) is 0. The van der Waals surface area contributed by atoms with Gasteiger partial charge in [-0.1, -0.05) is 68.3 Å². The molecular weight excluding hydrogens is 376 g/mol. The van der Waals surface area contributed by atoms with Crippen LogP contribution >= 0.6 is 0 Å². The molecule has 3 rings (SSSR count). The first-order valence-electron chi connectivity index (χ1n) is 10.2. The lowest BCUT2D eigenvalue weighted by Crippen LogP contribution is -2.08. The number of rotatable bonds is 7. The molecule has 1 atom stereocenters. The van der Waals surface area contributed by atoms with Gasteiger partial charge < -0.3 is 0 Å². The lowest BCUT2D eigenvalue weighted by atomic mass is 9.83. The summed E-state index contributed by atoms with van der Waals surface area (Å²) in [6.07, 6.45) is 8.91. The van der Waals surface area contributed by atoms with Gasteiger partial charge in [0.1, 0.15) is 0 Å². The maximum Gasteiger partial charge on any atom is 0.167 e. The molecule has 0 saturated carbocycles. The molecule has 2 aromatic rings. The van der Waals surface area contributed by atoms with Crippen molar-refractivity contribution in [1.82, 2.24) is 0 Å². The predicted molar refractivity (Wildman–Crippen MR) is 110 cm³/mol. The van der Waals surface area contributed by atoms with E-state index in [2.05, 4.69) is 6.58 Å². The number of unbranched alkanes of at least 4 members (excludes halogenated alkanes) is 2. The summed E-state index contributed by atoms with van der Waals surface area (Å²) >= 11 is 0. The van der Waals surface area contributed by atoms with Crippen molar-refractivity contribution in [2.75, 3.05) is 0 Å². The molecule has 0 amide bonds. The van der Waals surface area contributed by atoms with Crippen LogP contribution in [0.1, 0.15) is 62.5 Å². The van der Waals surface area contributed by atoms with E-state index in [1.807, 2.05) is 13.0 Å². The Morgan fingerprint density at radius 3 is 2.24 bits per heavy atom. The van der Waals surface area contributed by atoms with E-state index in [1.165, 1.54) is 24.3 Å². The second-order valence-corrected chi connectivity index (χ2v) is 7.64. The molecule has 0 N–H and O–H groups in total. The maximum absolute atomic E-state index is 14.8. The first-order chi connectivity index (χ1) is 14.0. The zero-order chi connectivity index (χ0) is 21.0. The second-order valence-electron chi connectivity index (χ2n) is 7.64. The molecule has 2 aromatic carbocycles. The van der Waals surface area contributed by atoms with Gasteiger partial charge in [0.05, 0.1) is 0 Å². The molecular formula is C25H26F4. The zero-order valence-corrected chi connectivity index (χ0v) is 16.7. The number of halogens is 4. The molecule has 0 nitrogen and oxygen atoms in total. The molecule has 4 heteroatoms. The van der Waals surface area contributed by atoms with Crippen LogP contribution in [0, 0.1) is 23.3 Å². The Morgan fingerprint density at radius 1 is 0.931 bits per heavy atom. The van der Waals surface area contributed by atoms with Crippen molar-refractivity contribution in [3.8, 4) is 11.1 Å². The lowest BCUT2D eigenvalue weighted by Gasteiger charge is -2.22. The first kappa shape index (κ1) is 21.4. The van der Waals surface area contributed by atoms with Gasteiger partial charge in [0.2, 0.25) is 0 Å². The van der Waals surface area contributed by atoms with E-state index >= 15 is 0 Å². The largest absolute Gasteiger partial charge is 0.203 e. The smallest absolute Gasteiger partial charge is 0.167 e. The third-order valence-electron chi connectivity index (χ3n) is 5.76. The van der Waals surface area contributed by atoms with Crippen LogP contribution in [0.4, 0.5) is 17.6 Å². The molecule has 0 radical (unpaired) electrons. The highest BCUT2D eigenvalue weighted by Gasteiger charge is 2.24. The molecule has 1 aliphatic carbocycles. The Bertz CT molecular complexity index is 927. The number of allylic oxidation sites excluding steroid dienone is 3. The maximum atomic E-state index is 14.8. The highest BCUT2D eigenvalue weighted by molar-refractivity contribution is 5.66. The van der Waals surface area contributed by atoms with Crippen molar-refractivity contribution in [2.24, 2.45) is 0 Å². The van der Waals surface area contributed by atoms with Crippen LogP contribution in [0.5, 0.6) is 0 Å². The topological polar surface area (TPSA) is 0 Å². The van der Waals surface area contributed by atoms with E-state index in [1.54, 1.807) is 6.08 Å². The molecule has 29 heavy (non-hydrogen) atoms. The summed E-state index contributed by atoms with van der Waals surface area (Å²) in [5.74, 6) is -4.34. The minimum Gasteiger partial charge on any atom is -0.203 e. The van der Waals surface area contributed by atoms with Crippen molar-refractivity contribution in [1.29, 1.82) is 0 Å². The first-order valence-corrected chi connectivity index (χ1v) is 10.2. The highest BCUT2D eigenvalue weighted by atomic mass is 19.2. The Balaban J connectivity index is 1.90. The Kier molecular flexibility index (Phi) is 6.94. The fraction of sp³-hybridized carbons (Fsp3) is 0.360. The average molecular weight is 402 g/mol. The molecule has 0 unspecified atom stereocenters. The summed E-state index contributed by atoms with van der Waals surface area (Å²) in [6, 6.07) is 5.67. The molecule has 0 bridgehead atoms. The fourth-order valence-electron chi connectivity index (χ4n) is 3.97. The number of hydrogen-bond acceptors (Lipinski definition) is 0. The Morgan fingerprint density at radius 2 is 1.62 bits per heavy atom. The molecule has 0 heterocycles. The van der Waals surface area contributed by atoms with E-state index in [4.69, 9.17) is 0 Å². The van der Waals surface area contributed by atoms with Gasteiger partial charge in [-0.3, -0.25) is 0 Å². The molecule has 0 aliphatic heterocycles. The van der Waals surface area contributed by atoms with Gasteiger partial charge in [0.25, 0.3) is 0 Å². The van der Waals surface area contributed by atoms with E-state index in [0.29, 0.717) is 19.3 Å². The summed E-state index contributed by atoms with van der Waals surface area (Å²) in [7, 11) is 0. The lowest BCUT2D eigenvalue weighted by molar-refractivity contribution is 0.477. The van der Waals surface area contributed by atoms with E-state index < -0.39 is 23.3 Å². The van der Waals surface area contributed by atoms with Gasteiger partial charge in [0, 0.05) is 11.1 Å². The van der Waals surface area contributed by atoms with Gasteiger partial charge in [-0.05, 0) is 49.1 Å². The molecule has 0 saturated heterocycles. The second kappa shape index (κ2) is 9.43. The van der Waals surface area contributed by atoms with Crippen molar-refractivity contribution in [3.63, 3.8) is 0 Å². The number of aryl methyl sites for hydroxylation is 1. The summed E-state index contributed by atoms with van der Waals surface area (Å²) in [4.78, 5) is 0. The van der Waals surface area contributed by atoms with Crippen molar-refractivity contribution < 1.29 is 17.6 Å². The van der Waals surface area contributed by atoms with Crippen LogP contribution in [0.2, 0.25) is 0 Å². The number of benzene rings is 2. The van der Waals surface area contributed by atoms with Crippen LogP contribution in [0.25, 0.3) is 11.1 Å². The zero-order valence-electron chi connectivity index (χ0n) is 16.7. The quantitative estimate of drug-likeness (QED) is 0.325. The summed E-state index contributed by atoms with van der Waals surface area (Å²) < 4.78 is 58.7.